The second-order valence-electron chi connectivity index (χ2n) is 8.67. The first-order valence-corrected chi connectivity index (χ1v) is 13.2. The Morgan fingerprint density at radius 3 is 2.46 bits per heavy atom. The van der Waals surface area contributed by atoms with Crippen molar-refractivity contribution in [2.45, 2.75) is 43.6 Å². The Bertz CT molecular complexity index is 1260. The van der Waals surface area contributed by atoms with Gasteiger partial charge in [-0.2, -0.15) is 4.42 Å². The van der Waals surface area contributed by atoms with Crippen LogP contribution in [0.25, 0.3) is 0 Å². The van der Waals surface area contributed by atoms with E-state index in [4.69, 9.17) is 16.5 Å². The number of rotatable bonds is 11. The maximum absolute atomic E-state index is 12.7. The van der Waals surface area contributed by atoms with E-state index in [9.17, 15) is 43.8 Å². The van der Waals surface area contributed by atoms with E-state index in [1.54, 1.807) is 18.2 Å². The molecule has 0 saturated carbocycles. The van der Waals surface area contributed by atoms with Crippen LogP contribution in [0, 0.1) is 0 Å². The SMILES string of the molecule is CC(=O)N(Cl)C(=O)OCC1=C(C(=O)[O-])N2C(=O)[C@@H](NC(=O)CCC[C@@H](NC(=O)c3ccccc3)C(=O)O)[C@H]2SC1.[Na+]. The van der Waals surface area contributed by atoms with Crippen LogP contribution in [-0.4, -0.2) is 85.9 Å². The van der Waals surface area contributed by atoms with Gasteiger partial charge in [0.15, 0.2) is 0 Å². The number of aliphatic carboxylic acids is 2. The molecule has 0 radical (unpaired) electrons. The van der Waals surface area contributed by atoms with Gasteiger partial charge in [-0.25, -0.2) is 9.59 Å². The molecule has 0 bridgehead atoms. The fourth-order valence-electron chi connectivity index (χ4n) is 3.92. The van der Waals surface area contributed by atoms with Gasteiger partial charge in [0.25, 0.3) is 11.8 Å². The molecule has 214 valence electrons. The summed E-state index contributed by atoms with van der Waals surface area (Å²) in [5, 5.41) is 25.4. The van der Waals surface area contributed by atoms with Crippen molar-refractivity contribution in [3.05, 3.63) is 47.2 Å². The summed E-state index contributed by atoms with van der Waals surface area (Å²) in [5.74, 6) is -5.63. The first kappa shape index (κ1) is 34.1. The van der Waals surface area contributed by atoms with Crippen LogP contribution in [0.1, 0.15) is 36.5 Å². The molecule has 1 aromatic carbocycles. The second kappa shape index (κ2) is 15.2. The number of hydrogen-bond donors (Lipinski definition) is 3. The number of β-lactam (4-membered cyclic amide) rings is 1. The zero-order chi connectivity index (χ0) is 29.6. The van der Waals surface area contributed by atoms with Crippen molar-refractivity contribution in [3.8, 4) is 0 Å². The zero-order valence-corrected chi connectivity index (χ0v) is 25.5. The Labute approximate surface area is 265 Å². The van der Waals surface area contributed by atoms with Gasteiger partial charge < -0.3 is 30.4 Å². The predicted octanol–water partition coefficient (Wildman–Crippen LogP) is -3.41. The van der Waals surface area contributed by atoms with Crippen molar-refractivity contribution in [2.24, 2.45) is 0 Å². The van der Waals surface area contributed by atoms with Crippen LogP contribution in [-0.2, 0) is 28.7 Å². The van der Waals surface area contributed by atoms with Crippen molar-refractivity contribution in [1.29, 1.82) is 0 Å². The molecule has 41 heavy (non-hydrogen) atoms. The van der Waals surface area contributed by atoms with Gasteiger partial charge in [0.05, 0.1) is 11.7 Å². The predicted molar refractivity (Wildman–Crippen MR) is 136 cm³/mol. The summed E-state index contributed by atoms with van der Waals surface area (Å²) in [5.41, 5.74) is -0.180. The summed E-state index contributed by atoms with van der Waals surface area (Å²) in [7, 11) is 0. The molecule has 0 unspecified atom stereocenters. The summed E-state index contributed by atoms with van der Waals surface area (Å²) in [6.45, 7) is 0.452. The fraction of sp³-hybridized carbons (Fsp3) is 0.375. The molecule has 1 aromatic rings. The molecular weight excluding hydrogens is 595 g/mol. The molecule has 1 saturated heterocycles. The van der Waals surface area contributed by atoms with Crippen LogP contribution in [0.15, 0.2) is 41.6 Å². The van der Waals surface area contributed by atoms with Gasteiger partial charge >= 0.3 is 41.6 Å². The minimum atomic E-state index is -1.69. The summed E-state index contributed by atoms with van der Waals surface area (Å²) in [6, 6.07) is 5.76. The van der Waals surface area contributed by atoms with E-state index in [-0.39, 0.29) is 70.1 Å². The number of nitrogens with one attached hydrogen (secondary N) is 2. The Morgan fingerprint density at radius 2 is 1.88 bits per heavy atom. The molecule has 2 heterocycles. The molecular formula is C24H24ClN4NaO10S. The topological polar surface area (TPSA) is 203 Å². The van der Waals surface area contributed by atoms with Gasteiger partial charge in [0, 0.05) is 42.0 Å². The quantitative estimate of drug-likeness (QED) is 0.127. The maximum Gasteiger partial charge on any atom is 1.00 e. The first-order chi connectivity index (χ1) is 18.9. The number of carbonyl (C=O) groups excluding carboxylic acids is 6. The van der Waals surface area contributed by atoms with Crippen molar-refractivity contribution < 1.29 is 78.1 Å². The number of carboxylic acid groups (broad SMARTS) is 2. The Morgan fingerprint density at radius 1 is 1.22 bits per heavy atom. The molecule has 17 heteroatoms. The van der Waals surface area contributed by atoms with E-state index >= 15 is 0 Å². The third-order valence-corrected chi connectivity index (χ3v) is 7.62. The van der Waals surface area contributed by atoms with Crippen LogP contribution in [0.4, 0.5) is 4.79 Å². The average molecular weight is 619 g/mol. The summed E-state index contributed by atoms with van der Waals surface area (Å²) in [4.78, 5) is 84.6. The van der Waals surface area contributed by atoms with Crippen LogP contribution >= 0.6 is 23.5 Å². The maximum atomic E-state index is 12.7. The number of ether oxygens (including phenoxy) is 1. The van der Waals surface area contributed by atoms with E-state index in [1.165, 1.54) is 12.1 Å². The van der Waals surface area contributed by atoms with Crippen molar-refractivity contribution >= 4 is 65.2 Å². The van der Waals surface area contributed by atoms with Crippen LogP contribution < -0.4 is 45.3 Å². The number of carboxylic acids is 2. The van der Waals surface area contributed by atoms with E-state index in [0.29, 0.717) is 0 Å². The van der Waals surface area contributed by atoms with Crippen LogP contribution in [0.5, 0.6) is 0 Å². The molecule has 2 aliphatic heterocycles. The van der Waals surface area contributed by atoms with Gasteiger partial charge in [0.1, 0.15) is 24.1 Å². The van der Waals surface area contributed by atoms with Gasteiger partial charge in [-0.1, -0.05) is 18.2 Å². The number of imide groups is 1. The number of carbonyl (C=O) groups is 7. The minimum absolute atomic E-state index is 0. The van der Waals surface area contributed by atoms with E-state index < -0.39 is 71.4 Å². The largest absolute Gasteiger partial charge is 1.00 e. The number of amides is 5. The van der Waals surface area contributed by atoms with Crippen LogP contribution in [0.3, 0.4) is 0 Å². The summed E-state index contributed by atoms with van der Waals surface area (Å²) in [6.07, 6.45) is -1.34. The molecule has 0 aliphatic carbocycles. The van der Waals surface area contributed by atoms with Crippen molar-refractivity contribution in [1.82, 2.24) is 20.0 Å². The standard InChI is InChI=1S/C24H25ClN4O10S.Na/c1-12(30)29(25)24(38)39-10-14-11-40-21-17(20(33)28(21)18(14)23(36)37)27-16(31)9-5-8-15(22(34)35)26-19(32)13-6-3-2-4-7-13;/h2-4,6-7,15,17,21H,5,8-11H2,1H3,(H,26,32)(H,27,31)(H,34,35)(H,36,37);/q;+1/p-1/t15-,17-,21-;/m1./s1. The number of thioether (sulfide) groups is 1. The number of fused-ring (bicyclic) bond motifs is 1. The third-order valence-electron chi connectivity index (χ3n) is 5.90. The number of benzene rings is 1. The van der Waals surface area contributed by atoms with Gasteiger partial charge in [-0.05, 0) is 25.0 Å². The van der Waals surface area contributed by atoms with E-state index in [2.05, 4.69) is 10.6 Å². The summed E-state index contributed by atoms with van der Waals surface area (Å²) < 4.78 is 5.02. The summed E-state index contributed by atoms with van der Waals surface area (Å²) >= 11 is 6.57. The Balaban J connectivity index is 0.00000588. The van der Waals surface area contributed by atoms with Crippen molar-refractivity contribution in [2.75, 3.05) is 12.4 Å². The smallest absolute Gasteiger partial charge is 0.543 e. The molecule has 3 N–H and O–H groups in total. The van der Waals surface area contributed by atoms with E-state index in [0.717, 1.165) is 23.6 Å². The second-order valence-corrected chi connectivity index (χ2v) is 10.1. The number of hydrogen-bond acceptors (Lipinski definition) is 10. The minimum Gasteiger partial charge on any atom is -0.543 e. The molecule has 2 aliphatic rings. The first-order valence-electron chi connectivity index (χ1n) is 11.8. The molecule has 5 amide bonds. The molecule has 14 nitrogen and oxygen atoms in total. The van der Waals surface area contributed by atoms with Crippen LogP contribution in [0.2, 0.25) is 0 Å². The Kier molecular flexibility index (Phi) is 12.6. The Hall–Kier alpha value is -3.11. The zero-order valence-electron chi connectivity index (χ0n) is 22.0. The normalized spacial score (nSPS) is 18.1. The van der Waals surface area contributed by atoms with Crippen molar-refractivity contribution in [3.63, 3.8) is 0 Å². The van der Waals surface area contributed by atoms with Gasteiger partial charge in [0.2, 0.25) is 11.8 Å². The molecule has 0 spiro atoms. The molecule has 1 fully saturated rings. The average Bonchev–Trinajstić information content (AvgIpc) is 2.93. The monoisotopic (exact) mass is 618 g/mol. The number of nitrogens with zero attached hydrogens (tertiary/aromatic N) is 2. The van der Waals surface area contributed by atoms with Gasteiger partial charge in [-0.15, -0.1) is 11.8 Å². The van der Waals surface area contributed by atoms with E-state index in [1.807, 2.05) is 0 Å². The molecule has 0 aromatic heterocycles. The fourth-order valence-corrected chi connectivity index (χ4v) is 5.29. The third kappa shape index (κ3) is 8.45. The number of halogens is 1. The van der Waals surface area contributed by atoms with Gasteiger partial charge in [-0.3, -0.25) is 24.1 Å². The molecule has 3 atom stereocenters. The molecule has 3 rings (SSSR count).